The normalized spacial score (nSPS) is 23.6. The Labute approximate surface area is 169 Å². The number of carbonyl (C=O) groups excluding carboxylic acids is 1. The molecule has 0 radical (unpaired) electrons. The fourth-order valence-electron chi connectivity index (χ4n) is 4.18. The molecule has 2 amide bonds. The third-order valence-corrected chi connectivity index (χ3v) is 5.75. The molecule has 1 heterocycles. The van der Waals surface area contributed by atoms with Crippen LogP contribution in [0.5, 0.6) is 0 Å². The summed E-state index contributed by atoms with van der Waals surface area (Å²) in [7, 11) is 5.24. The van der Waals surface area contributed by atoms with Gasteiger partial charge in [0.25, 0.3) is 0 Å². The van der Waals surface area contributed by atoms with Crippen molar-refractivity contribution < 1.29 is 15.0 Å². The summed E-state index contributed by atoms with van der Waals surface area (Å²) in [5, 5.41) is 22.8. The molecule has 1 aliphatic carbocycles. The number of aliphatic hydroxyl groups is 2. The number of para-hydroxylation sites is 1. The monoisotopic (exact) mass is 394 g/mol. The van der Waals surface area contributed by atoms with Gasteiger partial charge in [0.15, 0.2) is 0 Å². The van der Waals surface area contributed by atoms with E-state index >= 15 is 0 Å². The van der Waals surface area contributed by atoms with Crippen molar-refractivity contribution in [3.05, 3.63) is 60.2 Å². The van der Waals surface area contributed by atoms with Crippen molar-refractivity contribution in [2.45, 2.75) is 24.2 Å². The van der Waals surface area contributed by atoms with Gasteiger partial charge in [0, 0.05) is 38.0 Å². The summed E-state index contributed by atoms with van der Waals surface area (Å²) in [6.45, 7) is 0. The maximum atomic E-state index is 11.8. The second-order valence-corrected chi connectivity index (χ2v) is 7.71. The maximum Gasteiger partial charge on any atom is 0.331 e. The first-order valence-corrected chi connectivity index (χ1v) is 9.63. The zero-order valence-corrected chi connectivity index (χ0v) is 16.7. The quantitative estimate of drug-likeness (QED) is 0.508. The summed E-state index contributed by atoms with van der Waals surface area (Å²) in [5.74, 6) is -0.468. The van der Waals surface area contributed by atoms with Gasteiger partial charge in [-0.15, -0.1) is 0 Å². The number of hydrogen-bond donors (Lipinski definition) is 4. The van der Waals surface area contributed by atoms with Crippen LogP contribution in [-0.2, 0) is 7.05 Å². The number of aromatic nitrogens is 1. The van der Waals surface area contributed by atoms with E-state index in [1.807, 2.05) is 61.6 Å². The number of hydrazine groups is 1. The average molecular weight is 394 g/mol. The van der Waals surface area contributed by atoms with Crippen molar-refractivity contribution in [3.8, 4) is 11.3 Å². The van der Waals surface area contributed by atoms with Gasteiger partial charge in [0.05, 0.1) is 23.9 Å². The largest absolute Gasteiger partial charge is 0.391 e. The highest BCUT2D eigenvalue weighted by atomic mass is 16.3. The summed E-state index contributed by atoms with van der Waals surface area (Å²) in [6, 6.07) is 17.0. The number of urea groups is 1. The molecule has 4 rings (SSSR count). The fourth-order valence-corrected chi connectivity index (χ4v) is 4.18. The van der Waals surface area contributed by atoms with Crippen LogP contribution in [0.1, 0.15) is 11.5 Å². The first-order valence-electron chi connectivity index (χ1n) is 9.63. The zero-order valence-electron chi connectivity index (χ0n) is 16.7. The van der Waals surface area contributed by atoms with E-state index in [0.29, 0.717) is 0 Å². The lowest BCUT2D eigenvalue weighted by atomic mass is 9.69. The van der Waals surface area contributed by atoms with E-state index in [-0.39, 0.29) is 6.03 Å². The Bertz CT molecular complexity index is 1020. The molecule has 1 fully saturated rings. The minimum absolute atomic E-state index is 0.344. The Hall–Kier alpha value is -2.87. The molecule has 1 saturated carbocycles. The molecule has 29 heavy (non-hydrogen) atoms. The molecule has 0 spiro atoms. The molecular weight excluding hydrogens is 368 g/mol. The van der Waals surface area contributed by atoms with Crippen LogP contribution in [0.4, 0.5) is 4.79 Å². The van der Waals surface area contributed by atoms with Crippen LogP contribution >= 0.6 is 0 Å². The Kier molecular flexibility index (Phi) is 5.04. The number of amides is 2. The highest BCUT2D eigenvalue weighted by Crippen LogP contribution is 2.46. The number of aryl methyl sites for hydroxylation is 1. The van der Waals surface area contributed by atoms with Crippen LogP contribution in [0.3, 0.4) is 0 Å². The molecular formula is C22H26N4O3. The van der Waals surface area contributed by atoms with Crippen molar-refractivity contribution in [2.75, 3.05) is 14.1 Å². The third-order valence-electron chi connectivity index (χ3n) is 5.75. The maximum absolute atomic E-state index is 11.8. The van der Waals surface area contributed by atoms with E-state index in [9.17, 15) is 15.0 Å². The molecule has 0 saturated heterocycles. The molecule has 3 aromatic rings. The zero-order chi connectivity index (χ0) is 20.7. The minimum Gasteiger partial charge on any atom is -0.391 e. The van der Waals surface area contributed by atoms with Gasteiger partial charge < -0.3 is 19.7 Å². The summed E-state index contributed by atoms with van der Waals surface area (Å²) in [5.41, 5.74) is 9.25. The highest BCUT2D eigenvalue weighted by Gasteiger charge is 2.52. The molecule has 1 aliphatic rings. The molecule has 152 valence electrons. The number of benzene rings is 2. The fraction of sp³-hybridized carbons (Fsp3) is 0.318. The van der Waals surface area contributed by atoms with Crippen LogP contribution < -0.4 is 10.9 Å². The SMILES string of the molecule is CN(C)C(=O)NNC1C(O)C(c2c(-c3ccccc3)n(C)c3ccccc23)C1O. The van der Waals surface area contributed by atoms with E-state index in [0.717, 1.165) is 27.7 Å². The van der Waals surface area contributed by atoms with Crippen LogP contribution in [0.25, 0.3) is 22.2 Å². The van der Waals surface area contributed by atoms with Crippen molar-refractivity contribution in [2.24, 2.45) is 7.05 Å². The van der Waals surface area contributed by atoms with Crippen molar-refractivity contribution in [1.82, 2.24) is 20.3 Å². The first-order chi connectivity index (χ1) is 13.9. The summed E-state index contributed by atoms with van der Waals surface area (Å²) >= 11 is 0. The summed E-state index contributed by atoms with van der Waals surface area (Å²) in [4.78, 5) is 13.1. The van der Waals surface area contributed by atoms with Crippen LogP contribution in [-0.4, -0.2) is 58.1 Å². The van der Waals surface area contributed by atoms with E-state index in [2.05, 4.69) is 15.4 Å². The first kappa shape index (κ1) is 19.4. The molecule has 2 aromatic carbocycles. The lowest BCUT2D eigenvalue weighted by Crippen LogP contribution is -2.68. The van der Waals surface area contributed by atoms with Crippen LogP contribution in [0, 0.1) is 0 Å². The topological polar surface area (TPSA) is 89.8 Å². The number of rotatable bonds is 4. The Morgan fingerprint density at radius 1 is 1.00 bits per heavy atom. The number of fused-ring (bicyclic) bond motifs is 1. The lowest BCUT2D eigenvalue weighted by Gasteiger charge is -2.47. The van der Waals surface area contributed by atoms with Crippen molar-refractivity contribution >= 4 is 16.9 Å². The van der Waals surface area contributed by atoms with Gasteiger partial charge in [-0.1, -0.05) is 48.5 Å². The lowest BCUT2D eigenvalue weighted by molar-refractivity contribution is -0.0912. The van der Waals surface area contributed by atoms with Gasteiger partial charge in [-0.2, -0.15) is 0 Å². The van der Waals surface area contributed by atoms with E-state index in [1.54, 1.807) is 14.1 Å². The molecule has 2 unspecified atom stereocenters. The molecule has 7 nitrogen and oxygen atoms in total. The highest BCUT2D eigenvalue weighted by molar-refractivity contribution is 5.93. The second kappa shape index (κ2) is 7.51. The molecule has 2 atom stereocenters. The Morgan fingerprint density at radius 3 is 2.28 bits per heavy atom. The molecule has 7 heteroatoms. The standard InChI is InChI=1S/C22H26N4O3/c1-25(2)22(29)24-23-18-20(27)17(21(18)28)16-14-11-7-8-12-15(14)26(3)19(16)13-9-5-4-6-10-13/h4-12,17-18,20-21,23,27-28H,1-3H3,(H,24,29). The smallest absolute Gasteiger partial charge is 0.331 e. The Balaban J connectivity index is 1.72. The number of nitrogens with zero attached hydrogens (tertiary/aromatic N) is 2. The number of carbonyl (C=O) groups is 1. The van der Waals surface area contributed by atoms with Crippen LogP contribution in [0.15, 0.2) is 54.6 Å². The van der Waals surface area contributed by atoms with Gasteiger partial charge in [-0.05, 0) is 17.2 Å². The van der Waals surface area contributed by atoms with Gasteiger partial charge in [-0.3, -0.25) is 5.43 Å². The van der Waals surface area contributed by atoms with Crippen LogP contribution in [0.2, 0.25) is 0 Å². The van der Waals surface area contributed by atoms with Gasteiger partial charge in [0.1, 0.15) is 0 Å². The van der Waals surface area contributed by atoms with Gasteiger partial charge in [0.2, 0.25) is 0 Å². The average Bonchev–Trinajstić information content (AvgIpc) is 3.01. The van der Waals surface area contributed by atoms with Gasteiger partial charge in [-0.25, -0.2) is 10.2 Å². The Morgan fingerprint density at radius 2 is 1.62 bits per heavy atom. The molecule has 4 N–H and O–H groups in total. The van der Waals surface area contributed by atoms with Gasteiger partial charge >= 0.3 is 6.03 Å². The number of nitrogens with one attached hydrogen (secondary N) is 2. The third kappa shape index (κ3) is 3.17. The summed E-state index contributed by atoms with van der Waals surface area (Å²) < 4.78 is 2.11. The number of aliphatic hydroxyl groups excluding tert-OH is 2. The molecule has 1 aromatic heterocycles. The summed E-state index contributed by atoms with van der Waals surface area (Å²) in [6.07, 6.45) is -1.69. The van der Waals surface area contributed by atoms with E-state index in [1.165, 1.54) is 4.90 Å². The number of hydrogen-bond acceptors (Lipinski definition) is 4. The second-order valence-electron chi connectivity index (χ2n) is 7.71. The minimum atomic E-state index is -0.847. The van der Waals surface area contributed by atoms with E-state index < -0.39 is 24.2 Å². The van der Waals surface area contributed by atoms with Crippen molar-refractivity contribution in [3.63, 3.8) is 0 Å². The van der Waals surface area contributed by atoms with E-state index in [4.69, 9.17) is 0 Å². The molecule has 0 aliphatic heterocycles. The molecule has 0 bridgehead atoms. The predicted octanol–water partition coefficient (Wildman–Crippen LogP) is 1.81. The van der Waals surface area contributed by atoms with Crippen molar-refractivity contribution in [1.29, 1.82) is 0 Å². The predicted molar refractivity (Wildman–Crippen MR) is 112 cm³/mol.